The van der Waals surface area contributed by atoms with E-state index in [9.17, 15) is 4.79 Å². The van der Waals surface area contributed by atoms with Gasteiger partial charge in [-0.05, 0) is 36.5 Å². The van der Waals surface area contributed by atoms with Gasteiger partial charge in [0.05, 0.1) is 7.11 Å². The zero-order valence-electron chi connectivity index (χ0n) is 11.8. The molecule has 0 bridgehead atoms. The van der Waals surface area contributed by atoms with E-state index >= 15 is 0 Å². The van der Waals surface area contributed by atoms with Gasteiger partial charge in [-0.2, -0.15) is 0 Å². The number of ketones is 1. The molecule has 0 N–H and O–H groups in total. The van der Waals surface area contributed by atoms with Crippen molar-refractivity contribution in [1.82, 2.24) is 0 Å². The molecule has 2 aromatic carbocycles. The third-order valence-corrected chi connectivity index (χ3v) is 4.05. The first-order valence-corrected chi connectivity index (χ1v) is 6.94. The first kappa shape index (κ1) is 12.9. The number of carbonyl (C=O) groups is 1. The van der Waals surface area contributed by atoms with E-state index in [1.165, 1.54) is 5.56 Å². The van der Waals surface area contributed by atoms with Crippen LogP contribution < -0.4 is 4.74 Å². The minimum absolute atomic E-state index is 0.129. The average molecular weight is 266 g/mol. The summed E-state index contributed by atoms with van der Waals surface area (Å²) >= 11 is 0. The first-order valence-electron chi connectivity index (χ1n) is 6.94. The molecule has 2 unspecified atom stereocenters. The normalized spacial score (nSPS) is 20.5. The van der Waals surface area contributed by atoms with Gasteiger partial charge in [-0.15, -0.1) is 0 Å². The van der Waals surface area contributed by atoms with E-state index in [0.29, 0.717) is 5.92 Å². The van der Waals surface area contributed by atoms with E-state index in [1.54, 1.807) is 7.11 Å². The Hall–Kier alpha value is -2.09. The van der Waals surface area contributed by atoms with Gasteiger partial charge in [-0.3, -0.25) is 4.79 Å². The van der Waals surface area contributed by atoms with E-state index in [0.717, 1.165) is 23.3 Å². The number of ether oxygens (including phenoxy) is 1. The van der Waals surface area contributed by atoms with Crippen molar-refractivity contribution in [2.24, 2.45) is 5.92 Å². The molecule has 1 aliphatic rings. The van der Waals surface area contributed by atoms with Crippen LogP contribution >= 0.6 is 0 Å². The third-order valence-electron chi connectivity index (χ3n) is 4.05. The molecule has 2 atom stereocenters. The number of hydrogen-bond donors (Lipinski definition) is 0. The molecule has 1 aliphatic carbocycles. The Balaban J connectivity index is 1.78. The molecule has 2 aromatic rings. The van der Waals surface area contributed by atoms with E-state index in [-0.39, 0.29) is 11.7 Å². The van der Waals surface area contributed by atoms with Crippen molar-refractivity contribution in [1.29, 1.82) is 0 Å². The van der Waals surface area contributed by atoms with Crippen LogP contribution in [0.1, 0.15) is 33.8 Å². The summed E-state index contributed by atoms with van der Waals surface area (Å²) in [6, 6.07) is 16.0. The van der Waals surface area contributed by atoms with Crippen LogP contribution in [-0.4, -0.2) is 12.9 Å². The fourth-order valence-corrected chi connectivity index (χ4v) is 2.74. The summed E-state index contributed by atoms with van der Waals surface area (Å²) in [5.74, 6) is 1.53. The van der Waals surface area contributed by atoms with Crippen molar-refractivity contribution in [3.8, 4) is 5.75 Å². The Bertz CT molecular complexity index is 631. The summed E-state index contributed by atoms with van der Waals surface area (Å²) in [6.45, 7) is 1.98. The summed E-state index contributed by atoms with van der Waals surface area (Å²) in [6.07, 6.45) is 0.957. The Kier molecular flexibility index (Phi) is 3.31. The zero-order valence-corrected chi connectivity index (χ0v) is 11.8. The number of aryl methyl sites for hydroxylation is 1. The number of benzene rings is 2. The van der Waals surface area contributed by atoms with Crippen LogP contribution in [0.25, 0.3) is 0 Å². The van der Waals surface area contributed by atoms with Gasteiger partial charge in [0.25, 0.3) is 0 Å². The monoisotopic (exact) mass is 266 g/mol. The summed E-state index contributed by atoms with van der Waals surface area (Å²) in [4.78, 5) is 12.5. The molecule has 2 nitrogen and oxygen atoms in total. The van der Waals surface area contributed by atoms with Crippen LogP contribution in [0.15, 0.2) is 48.5 Å². The van der Waals surface area contributed by atoms with Crippen molar-refractivity contribution in [2.45, 2.75) is 19.3 Å². The van der Waals surface area contributed by atoms with Crippen LogP contribution in [0.5, 0.6) is 5.75 Å². The quantitative estimate of drug-likeness (QED) is 0.782. The molecule has 20 heavy (non-hydrogen) atoms. The number of hydrogen-bond acceptors (Lipinski definition) is 2. The van der Waals surface area contributed by atoms with E-state index in [1.807, 2.05) is 43.3 Å². The van der Waals surface area contributed by atoms with Crippen molar-refractivity contribution in [2.75, 3.05) is 7.11 Å². The average Bonchev–Trinajstić information content (AvgIpc) is 3.28. The Labute approximate surface area is 119 Å². The zero-order chi connectivity index (χ0) is 14.1. The maximum atomic E-state index is 12.5. The summed E-state index contributed by atoms with van der Waals surface area (Å²) < 4.78 is 5.30. The molecule has 0 aromatic heterocycles. The van der Waals surface area contributed by atoms with Gasteiger partial charge in [0.15, 0.2) is 5.78 Å². The van der Waals surface area contributed by atoms with Crippen molar-refractivity contribution >= 4 is 5.78 Å². The Morgan fingerprint density at radius 1 is 1.15 bits per heavy atom. The van der Waals surface area contributed by atoms with Crippen LogP contribution in [-0.2, 0) is 0 Å². The molecular formula is C18H18O2. The molecular weight excluding hydrogens is 248 g/mol. The first-order chi connectivity index (χ1) is 9.70. The van der Waals surface area contributed by atoms with Crippen LogP contribution in [0.2, 0.25) is 0 Å². The fourth-order valence-electron chi connectivity index (χ4n) is 2.74. The lowest BCUT2D eigenvalue weighted by Crippen LogP contribution is -2.04. The standard InChI is InChI=1S/C18H18O2/c1-12-8-9-14(10-17(12)20-2)18(19)16-11-15(16)13-6-4-3-5-7-13/h3-10,15-16H,11H2,1-2H3. The molecule has 0 spiro atoms. The highest BCUT2D eigenvalue weighted by atomic mass is 16.5. The van der Waals surface area contributed by atoms with Gasteiger partial charge < -0.3 is 4.74 Å². The SMILES string of the molecule is COc1cc(C(=O)C2CC2c2ccccc2)ccc1C. The number of Topliss-reactive ketones (excluding diaryl/α,β-unsaturated/α-hetero) is 1. The maximum Gasteiger partial charge on any atom is 0.166 e. The maximum absolute atomic E-state index is 12.5. The number of methoxy groups -OCH3 is 1. The lowest BCUT2D eigenvalue weighted by atomic mass is 10.0. The van der Waals surface area contributed by atoms with Gasteiger partial charge in [0.2, 0.25) is 0 Å². The van der Waals surface area contributed by atoms with E-state index < -0.39 is 0 Å². The second-order valence-corrected chi connectivity index (χ2v) is 5.41. The fraction of sp³-hybridized carbons (Fsp3) is 0.278. The highest BCUT2D eigenvalue weighted by Gasteiger charge is 2.43. The molecule has 0 aliphatic heterocycles. The summed E-state index contributed by atoms with van der Waals surface area (Å²) in [5.41, 5.74) is 3.08. The van der Waals surface area contributed by atoms with E-state index in [2.05, 4.69) is 12.1 Å². The van der Waals surface area contributed by atoms with Gasteiger partial charge in [-0.25, -0.2) is 0 Å². The topological polar surface area (TPSA) is 26.3 Å². The van der Waals surface area contributed by atoms with Crippen LogP contribution in [0.3, 0.4) is 0 Å². The van der Waals surface area contributed by atoms with Gasteiger partial charge in [-0.1, -0.05) is 42.5 Å². The molecule has 2 heteroatoms. The predicted octanol–water partition coefficient (Wildman–Crippen LogP) is 3.99. The highest BCUT2D eigenvalue weighted by Crippen LogP contribution is 2.49. The molecule has 0 amide bonds. The molecule has 0 saturated heterocycles. The Morgan fingerprint density at radius 2 is 1.90 bits per heavy atom. The highest BCUT2D eigenvalue weighted by molar-refractivity contribution is 6.00. The van der Waals surface area contributed by atoms with Crippen LogP contribution in [0, 0.1) is 12.8 Å². The summed E-state index contributed by atoms with van der Waals surface area (Å²) in [7, 11) is 1.64. The van der Waals surface area contributed by atoms with Gasteiger partial charge in [0, 0.05) is 11.5 Å². The molecule has 1 fully saturated rings. The summed E-state index contributed by atoms with van der Waals surface area (Å²) in [5, 5.41) is 0. The number of carbonyl (C=O) groups excluding carboxylic acids is 1. The van der Waals surface area contributed by atoms with Crippen molar-refractivity contribution < 1.29 is 9.53 Å². The largest absolute Gasteiger partial charge is 0.496 e. The van der Waals surface area contributed by atoms with Crippen LogP contribution in [0.4, 0.5) is 0 Å². The second kappa shape index (κ2) is 5.12. The lowest BCUT2D eigenvalue weighted by molar-refractivity contribution is 0.0965. The Morgan fingerprint density at radius 3 is 2.60 bits per heavy atom. The van der Waals surface area contributed by atoms with Crippen molar-refractivity contribution in [3.05, 3.63) is 65.2 Å². The molecule has 0 heterocycles. The molecule has 102 valence electrons. The minimum atomic E-state index is 0.129. The predicted molar refractivity (Wildman–Crippen MR) is 79.4 cm³/mol. The molecule has 1 saturated carbocycles. The minimum Gasteiger partial charge on any atom is -0.496 e. The molecule has 3 rings (SSSR count). The third kappa shape index (κ3) is 2.34. The number of rotatable bonds is 4. The molecule has 0 radical (unpaired) electrons. The lowest BCUT2D eigenvalue weighted by Gasteiger charge is -2.07. The van der Waals surface area contributed by atoms with Gasteiger partial charge >= 0.3 is 0 Å². The second-order valence-electron chi connectivity index (χ2n) is 5.41. The van der Waals surface area contributed by atoms with E-state index in [4.69, 9.17) is 4.74 Å². The van der Waals surface area contributed by atoms with Gasteiger partial charge in [0.1, 0.15) is 5.75 Å². The van der Waals surface area contributed by atoms with Crippen molar-refractivity contribution in [3.63, 3.8) is 0 Å². The smallest absolute Gasteiger partial charge is 0.166 e.